The lowest BCUT2D eigenvalue weighted by Gasteiger charge is -2.10. The molecule has 0 saturated heterocycles. The number of carbonyl (C=O) groups excluding carboxylic acids is 1. The zero-order valence-electron chi connectivity index (χ0n) is 19.2. The molecule has 2 N–H and O–H groups in total. The third-order valence-electron chi connectivity index (χ3n) is 4.95. The quantitative estimate of drug-likeness (QED) is 0.424. The molecule has 0 bridgehead atoms. The van der Waals surface area contributed by atoms with Crippen LogP contribution in [0.4, 0.5) is 11.5 Å². The number of sulfonamides is 1. The van der Waals surface area contributed by atoms with Crippen molar-refractivity contribution >= 4 is 27.4 Å². The standard InChI is InChI=1S/C24H22N6O4S/c1-15-4-8-19(9-5-15)30-13-12-21(31)23(28-30)24(32)27-18-6-10-20(11-7-18)35(33,34)29-22-14-16(2)25-17(3)26-22/h4-14H,1-3H3,(H,27,32)(H,25,26,29). The second kappa shape index (κ2) is 9.47. The molecular weight excluding hydrogens is 468 g/mol. The summed E-state index contributed by atoms with van der Waals surface area (Å²) >= 11 is 0. The summed E-state index contributed by atoms with van der Waals surface area (Å²) in [4.78, 5) is 33.2. The highest BCUT2D eigenvalue weighted by Crippen LogP contribution is 2.18. The molecule has 4 aromatic rings. The summed E-state index contributed by atoms with van der Waals surface area (Å²) in [5, 5.41) is 6.74. The van der Waals surface area contributed by atoms with Crippen LogP contribution >= 0.6 is 0 Å². The van der Waals surface area contributed by atoms with Crippen LogP contribution in [0, 0.1) is 20.8 Å². The maximum absolute atomic E-state index is 12.7. The Balaban J connectivity index is 1.51. The summed E-state index contributed by atoms with van der Waals surface area (Å²) in [6.07, 6.45) is 1.48. The molecule has 0 unspecified atom stereocenters. The van der Waals surface area contributed by atoms with E-state index in [-0.39, 0.29) is 16.4 Å². The molecule has 4 rings (SSSR count). The van der Waals surface area contributed by atoms with Gasteiger partial charge in [0, 0.05) is 29.7 Å². The van der Waals surface area contributed by atoms with Gasteiger partial charge >= 0.3 is 0 Å². The lowest BCUT2D eigenvalue weighted by Crippen LogP contribution is -2.25. The normalized spacial score (nSPS) is 11.2. The maximum Gasteiger partial charge on any atom is 0.280 e. The van der Waals surface area contributed by atoms with Crippen LogP contribution in [0.2, 0.25) is 0 Å². The number of hydrogen-bond acceptors (Lipinski definition) is 7. The molecule has 178 valence electrons. The Bertz CT molecular complexity index is 1540. The fraction of sp³-hybridized carbons (Fsp3) is 0.125. The van der Waals surface area contributed by atoms with E-state index in [0.29, 0.717) is 22.9 Å². The highest BCUT2D eigenvalue weighted by atomic mass is 32.2. The van der Waals surface area contributed by atoms with Gasteiger partial charge in [-0.15, -0.1) is 0 Å². The van der Waals surface area contributed by atoms with Crippen molar-refractivity contribution in [1.29, 1.82) is 0 Å². The van der Waals surface area contributed by atoms with E-state index < -0.39 is 21.4 Å². The molecule has 0 aliphatic carbocycles. The third-order valence-corrected chi connectivity index (χ3v) is 6.32. The molecule has 2 aromatic heterocycles. The minimum atomic E-state index is -3.91. The average molecular weight is 491 g/mol. The van der Waals surface area contributed by atoms with Crippen LogP contribution in [0.25, 0.3) is 5.69 Å². The second-order valence-corrected chi connectivity index (χ2v) is 9.52. The monoisotopic (exact) mass is 490 g/mol. The van der Waals surface area contributed by atoms with Crippen molar-refractivity contribution < 1.29 is 13.2 Å². The zero-order chi connectivity index (χ0) is 25.2. The van der Waals surface area contributed by atoms with Gasteiger partial charge in [0.25, 0.3) is 15.9 Å². The maximum atomic E-state index is 12.7. The predicted octanol–water partition coefficient (Wildman–Crippen LogP) is 3.00. The first-order valence-electron chi connectivity index (χ1n) is 10.5. The Morgan fingerprint density at radius 3 is 2.26 bits per heavy atom. The average Bonchev–Trinajstić information content (AvgIpc) is 2.79. The van der Waals surface area contributed by atoms with E-state index in [1.807, 2.05) is 31.2 Å². The molecule has 0 aliphatic heterocycles. The number of anilines is 2. The lowest BCUT2D eigenvalue weighted by atomic mass is 10.2. The fourth-order valence-electron chi connectivity index (χ4n) is 3.28. The van der Waals surface area contributed by atoms with Gasteiger partial charge in [-0.1, -0.05) is 17.7 Å². The Morgan fingerprint density at radius 1 is 0.914 bits per heavy atom. The van der Waals surface area contributed by atoms with E-state index in [1.54, 1.807) is 13.8 Å². The topological polar surface area (TPSA) is 136 Å². The van der Waals surface area contributed by atoms with E-state index in [1.165, 1.54) is 47.3 Å². The molecule has 10 nitrogen and oxygen atoms in total. The molecule has 0 spiro atoms. The molecule has 2 aromatic carbocycles. The van der Waals surface area contributed by atoms with Crippen LogP contribution in [-0.4, -0.2) is 34.1 Å². The number of nitrogens with one attached hydrogen (secondary N) is 2. The van der Waals surface area contributed by atoms with Crippen molar-refractivity contribution in [3.63, 3.8) is 0 Å². The molecule has 2 heterocycles. The Hall–Kier alpha value is -4.38. The molecular formula is C24H22N6O4S. The van der Waals surface area contributed by atoms with Gasteiger partial charge in [0.15, 0.2) is 5.69 Å². The molecule has 0 radical (unpaired) electrons. The van der Waals surface area contributed by atoms with Crippen LogP contribution in [0.5, 0.6) is 0 Å². The largest absolute Gasteiger partial charge is 0.320 e. The summed E-state index contributed by atoms with van der Waals surface area (Å²) in [5.41, 5.74) is 1.86. The van der Waals surface area contributed by atoms with Crippen molar-refractivity contribution in [2.75, 3.05) is 10.0 Å². The molecule has 0 saturated carbocycles. The summed E-state index contributed by atoms with van der Waals surface area (Å²) in [7, 11) is -3.91. The van der Waals surface area contributed by atoms with E-state index in [0.717, 1.165) is 5.56 Å². The van der Waals surface area contributed by atoms with Gasteiger partial charge in [-0.25, -0.2) is 23.1 Å². The summed E-state index contributed by atoms with van der Waals surface area (Å²) in [5.74, 6) is -0.110. The number of amides is 1. The predicted molar refractivity (Wildman–Crippen MR) is 131 cm³/mol. The molecule has 0 aliphatic rings. The van der Waals surface area contributed by atoms with Crippen molar-refractivity contribution in [2.24, 2.45) is 0 Å². The van der Waals surface area contributed by atoms with Gasteiger partial charge in [-0.2, -0.15) is 5.10 Å². The molecule has 35 heavy (non-hydrogen) atoms. The van der Waals surface area contributed by atoms with Crippen LogP contribution < -0.4 is 15.5 Å². The van der Waals surface area contributed by atoms with Crippen LogP contribution in [-0.2, 0) is 10.0 Å². The van der Waals surface area contributed by atoms with Crippen molar-refractivity contribution in [3.8, 4) is 5.69 Å². The van der Waals surface area contributed by atoms with Crippen molar-refractivity contribution in [2.45, 2.75) is 25.7 Å². The number of rotatable bonds is 6. The highest BCUT2D eigenvalue weighted by molar-refractivity contribution is 7.92. The number of carbonyl (C=O) groups is 1. The second-order valence-electron chi connectivity index (χ2n) is 7.83. The Morgan fingerprint density at radius 2 is 1.60 bits per heavy atom. The molecule has 1 amide bonds. The molecule has 11 heteroatoms. The Labute approximate surface area is 201 Å². The van der Waals surface area contributed by atoms with Gasteiger partial charge in [0.1, 0.15) is 11.6 Å². The summed E-state index contributed by atoms with van der Waals surface area (Å²) in [6.45, 7) is 5.35. The van der Waals surface area contributed by atoms with Crippen LogP contribution in [0.15, 0.2) is 76.6 Å². The van der Waals surface area contributed by atoms with E-state index in [4.69, 9.17) is 0 Å². The van der Waals surface area contributed by atoms with Gasteiger partial charge in [-0.3, -0.25) is 14.3 Å². The number of aromatic nitrogens is 4. The fourth-order valence-corrected chi connectivity index (χ4v) is 4.27. The van der Waals surface area contributed by atoms with Crippen molar-refractivity contribution in [1.82, 2.24) is 19.7 Å². The summed E-state index contributed by atoms with van der Waals surface area (Å²) < 4.78 is 29.3. The lowest BCUT2D eigenvalue weighted by molar-refractivity contribution is 0.101. The number of aryl methyl sites for hydroxylation is 3. The van der Waals surface area contributed by atoms with Gasteiger partial charge in [0.05, 0.1) is 10.6 Å². The van der Waals surface area contributed by atoms with E-state index >= 15 is 0 Å². The first kappa shape index (κ1) is 23.8. The first-order chi connectivity index (χ1) is 16.6. The smallest absolute Gasteiger partial charge is 0.280 e. The number of benzene rings is 2. The highest BCUT2D eigenvalue weighted by Gasteiger charge is 2.17. The zero-order valence-corrected chi connectivity index (χ0v) is 20.0. The van der Waals surface area contributed by atoms with Gasteiger partial charge < -0.3 is 5.32 Å². The number of hydrogen-bond donors (Lipinski definition) is 2. The summed E-state index contributed by atoms with van der Waals surface area (Å²) in [6, 6.07) is 15.7. The van der Waals surface area contributed by atoms with Crippen LogP contribution in [0.3, 0.4) is 0 Å². The molecule has 0 atom stereocenters. The van der Waals surface area contributed by atoms with Crippen LogP contribution in [0.1, 0.15) is 27.6 Å². The first-order valence-corrected chi connectivity index (χ1v) is 12.0. The number of nitrogens with zero attached hydrogens (tertiary/aromatic N) is 4. The molecule has 0 fully saturated rings. The van der Waals surface area contributed by atoms with E-state index in [9.17, 15) is 18.0 Å². The minimum Gasteiger partial charge on any atom is -0.320 e. The Kier molecular flexibility index (Phi) is 6.43. The van der Waals surface area contributed by atoms with Gasteiger partial charge in [0.2, 0.25) is 5.43 Å². The SMILES string of the molecule is Cc1ccc(-n2ccc(=O)c(C(=O)Nc3ccc(S(=O)(=O)Nc4cc(C)nc(C)n4)cc3)n2)cc1. The third kappa shape index (κ3) is 5.58. The van der Waals surface area contributed by atoms with Crippen molar-refractivity contribution in [3.05, 3.63) is 99.9 Å². The van der Waals surface area contributed by atoms with E-state index in [2.05, 4.69) is 25.1 Å². The minimum absolute atomic E-state index is 0.0241. The van der Waals surface area contributed by atoms with Gasteiger partial charge in [-0.05, 0) is 57.2 Å².